The summed E-state index contributed by atoms with van der Waals surface area (Å²) >= 11 is 0. The first-order chi connectivity index (χ1) is 8.20. The lowest BCUT2D eigenvalue weighted by molar-refractivity contribution is -0.125. The van der Waals surface area contributed by atoms with E-state index in [2.05, 4.69) is 12.1 Å². The Morgan fingerprint density at radius 1 is 1.35 bits per heavy atom. The minimum atomic E-state index is -0.172. The topological polar surface area (TPSA) is 26.3 Å². The largest absolute Gasteiger partial charge is 0.385 e. The van der Waals surface area contributed by atoms with Crippen LogP contribution in [0.15, 0.2) is 30.3 Å². The smallest absolute Gasteiger partial charge is 0.146 e. The Hall–Kier alpha value is -1.15. The van der Waals surface area contributed by atoms with Crippen molar-refractivity contribution >= 4 is 5.78 Å². The molecule has 1 unspecified atom stereocenters. The molecule has 1 aliphatic carbocycles. The molecule has 1 atom stereocenters. The van der Waals surface area contributed by atoms with Crippen LogP contribution in [0.2, 0.25) is 0 Å². The predicted molar refractivity (Wildman–Crippen MR) is 68.0 cm³/mol. The van der Waals surface area contributed by atoms with Gasteiger partial charge < -0.3 is 4.74 Å². The van der Waals surface area contributed by atoms with Crippen LogP contribution < -0.4 is 0 Å². The molecule has 1 saturated carbocycles. The average molecular weight is 232 g/mol. The second kappa shape index (κ2) is 5.01. The summed E-state index contributed by atoms with van der Waals surface area (Å²) in [5.74, 6) is 0.485. The normalized spacial score (nSPS) is 18.7. The van der Waals surface area contributed by atoms with E-state index in [1.165, 1.54) is 5.56 Å². The van der Waals surface area contributed by atoms with E-state index in [0.29, 0.717) is 12.4 Å². The monoisotopic (exact) mass is 232 g/mol. The van der Waals surface area contributed by atoms with E-state index in [1.807, 2.05) is 25.1 Å². The Bertz CT molecular complexity index is 379. The van der Waals surface area contributed by atoms with Crippen molar-refractivity contribution in [3.8, 4) is 0 Å². The highest BCUT2D eigenvalue weighted by atomic mass is 16.5. The Kier molecular flexibility index (Phi) is 3.63. The van der Waals surface area contributed by atoms with E-state index in [9.17, 15) is 4.79 Å². The molecule has 0 N–H and O–H groups in total. The fourth-order valence-electron chi connectivity index (χ4n) is 2.46. The van der Waals surface area contributed by atoms with Gasteiger partial charge in [-0.05, 0) is 24.8 Å². The van der Waals surface area contributed by atoms with Gasteiger partial charge in [0.05, 0.1) is 5.41 Å². The van der Waals surface area contributed by atoms with E-state index in [0.717, 1.165) is 19.3 Å². The maximum Gasteiger partial charge on any atom is 0.146 e. The molecule has 0 bridgehead atoms. The molecule has 0 radical (unpaired) electrons. The Morgan fingerprint density at radius 2 is 2.00 bits per heavy atom. The minimum absolute atomic E-state index is 0.0951. The second-order valence-corrected chi connectivity index (χ2v) is 4.99. The summed E-state index contributed by atoms with van der Waals surface area (Å²) in [5.41, 5.74) is 1.02. The van der Waals surface area contributed by atoms with Crippen LogP contribution in [0.4, 0.5) is 0 Å². The Labute approximate surface area is 103 Å². The number of hydrogen-bond acceptors (Lipinski definition) is 2. The van der Waals surface area contributed by atoms with Gasteiger partial charge in [0.15, 0.2) is 0 Å². The summed E-state index contributed by atoms with van der Waals surface area (Å²) in [7, 11) is 1.68. The van der Waals surface area contributed by atoms with Crippen molar-refractivity contribution in [3.63, 3.8) is 0 Å². The molecule has 1 aromatic rings. The highest BCUT2D eigenvalue weighted by Crippen LogP contribution is 2.50. The van der Waals surface area contributed by atoms with E-state index < -0.39 is 0 Å². The molecule has 0 aromatic heterocycles. The zero-order valence-corrected chi connectivity index (χ0v) is 10.6. The van der Waals surface area contributed by atoms with Gasteiger partial charge in [0, 0.05) is 19.6 Å². The van der Waals surface area contributed by atoms with Gasteiger partial charge in [0.25, 0.3) is 0 Å². The Balaban J connectivity index is 2.09. The number of ketones is 1. The van der Waals surface area contributed by atoms with Crippen molar-refractivity contribution in [1.82, 2.24) is 0 Å². The SMILES string of the molecule is COCCC(C)C(=O)C1(c2ccccc2)CC1. The quantitative estimate of drug-likeness (QED) is 0.753. The van der Waals surface area contributed by atoms with Crippen LogP contribution in [0.25, 0.3) is 0 Å². The summed E-state index contributed by atoms with van der Waals surface area (Å²) in [6.45, 7) is 2.68. The van der Waals surface area contributed by atoms with Crippen molar-refractivity contribution in [1.29, 1.82) is 0 Å². The first-order valence-corrected chi connectivity index (χ1v) is 6.29. The molecule has 0 spiro atoms. The third-order valence-corrected chi connectivity index (χ3v) is 3.75. The number of ether oxygens (including phenoxy) is 1. The highest BCUT2D eigenvalue weighted by molar-refractivity contribution is 5.94. The van der Waals surface area contributed by atoms with Crippen molar-refractivity contribution in [2.75, 3.05) is 13.7 Å². The van der Waals surface area contributed by atoms with Crippen LogP contribution in [0.1, 0.15) is 31.7 Å². The van der Waals surface area contributed by atoms with Gasteiger partial charge in [-0.15, -0.1) is 0 Å². The zero-order chi connectivity index (χ0) is 12.3. The number of methoxy groups -OCH3 is 1. The lowest BCUT2D eigenvalue weighted by Crippen LogP contribution is -2.27. The number of carbonyl (C=O) groups excluding carboxylic acids is 1. The van der Waals surface area contributed by atoms with Crippen LogP contribution >= 0.6 is 0 Å². The van der Waals surface area contributed by atoms with Crippen molar-refractivity contribution in [2.24, 2.45) is 5.92 Å². The molecule has 0 heterocycles. The number of rotatable bonds is 6. The molecule has 2 heteroatoms. The van der Waals surface area contributed by atoms with Crippen molar-refractivity contribution in [2.45, 2.75) is 31.6 Å². The van der Waals surface area contributed by atoms with Crippen LogP contribution in [-0.4, -0.2) is 19.5 Å². The lowest BCUT2D eigenvalue weighted by Gasteiger charge is -2.19. The molecule has 2 nitrogen and oxygen atoms in total. The molecule has 2 rings (SSSR count). The molecule has 1 fully saturated rings. The average Bonchev–Trinajstić information content (AvgIpc) is 3.17. The van der Waals surface area contributed by atoms with E-state index >= 15 is 0 Å². The van der Waals surface area contributed by atoms with Gasteiger partial charge in [0.1, 0.15) is 5.78 Å². The number of carbonyl (C=O) groups is 1. The zero-order valence-electron chi connectivity index (χ0n) is 10.6. The molecular weight excluding hydrogens is 212 g/mol. The number of Topliss-reactive ketones (excluding diaryl/α,β-unsaturated/α-hetero) is 1. The van der Waals surface area contributed by atoms with Crippen LogP contribution in [0, 0.1) is 5.92 Å². The molecule has 1 aliphatic rings. The third kappa shape index (κ3) is 2.42. The molecule has 0 aliphatic heterocycles. The van der Waals surface area contributed by atoms with E-state index in [4.69, 9.17) is 4.74 Å². The molecule has 17 heavy (non-hydrogen) atoms. The van der Waals surface area contributed by atoms with Crippen LogP contribution in [-0.2, 0) is 14.9 Å². The first-order valence-electron chi connectivity index (χ1n) is 6.29. The standard InChI is InChI=1S/C15H20O2/c1-12(8-11-17-2)14(16)15(9-10-15)13-6-4-3-5-7-13/h3-7,12H,8-11H2,1-2H3. The van der Waals surface area contributed by atoms with Crippen molar-refractivity contribution < 1.29 is 9.53 Å². The highest BCUT2D eigenvalue weighted by Gasteiger charge is 2.51. The molecule has 92 valence electrons. The third-order valence-electron chi connectivity index (χ3n) is 3.75. The van der Waals surface area contributed by atoms with E-state index in [-0.39, 0.29) is 11.3 Å². The molecule has 1 aromatic carbocycles. The summed E-state index contributed by atoms with van der Waals surface area (Å²) in [6.07, 6.45) is 2.84. The Morgan fingerprint density at radius 3 is 2.53 bits per heavy atom. The van der Waals surface area contributed by atoms with Gasteiger partial charge in [-0.25, -0.2) is 0 Å². The first kappa shape index (κ1) is 12.3. The molecule has 0 amide bonds. The van der Waals surface area contributed by atoms with E-state index in [1.54, 1.807) is 7.11 Å². The number of benzene rings is 1. The summed E-state index contributed by atoms with van der Waals surface area (Å²) in [4.78, 5) is 12.5. The number of hydrogen-bond donors (Lipinski definition) is 0. The lowest BCUT2D eigenvalue weighted by atomic mass is 9.84. The second-order valence-electron chi connectivity index (χ2n) is 4.99. The van der Waals surface area contributed by atoms with Gasteiger partial charge >= 0.3 is 0 Å². The maximum absolute atomic E-state index is 12.5. The fraction of sp³-hybridized carbons (Fsp3) is 0.533. The van der Waals surface area contributed by atoms with Crippen molar-refractivity contribution in [3.05, 3.63) is 35.9 Å². The fourth-order valence-corrected chi connectivity index (χ4v) is 2.46. The van der Waals surface area contributed by atoms with Crippen LogP contribution in [0.3, 0.4) is 0 Å². The van der Waals surface area contributed by atoms with Gasteiger partial charge in [-0.3, -0.25) is 4.79 Å². The summed E-state index contributed by atoms with van der Waals surface area (Å²) < 4.78 is 5.05. The summed E-state index contributed by atoms with van der Waals surface area (Å²) in [5, 5.41) is 0. The predicted octanol–water partition coefficient (Wildman–Crippen LogP) is 2.96. The molecule has 0 saturated heterocycles. The summed E-state index contributed by atoms with van der Waals surface area (Å²) in [6, 6.07) is 10.2. The maximum atomic E-state index is 12.5. The van der Waals surface area contributed by atoms with Gasteiger partial charge in [-0.2, -0.15) is 0 Å². The molecular formula is C15H20O2. The van der Waals surface area contributed by atoms with Crippen LogP contribution in [0.5, 0.6) is 0 Å². The van der Waals surface area contributed by atoms with Gasteiger partial charge in [0.2, 0.25) is 0 Å². The minimum Gasteiger partial charge on any atom is -0.385 e. The van der Waals surface area contributed by atoms with Gasteiger partial charge in [-0.1, -0.05) is 37.3 Å².